The molecule has 144 valence electrons. The van der Waals surface area contributed by atoms with Crippen LogP contribution in [0.3, 0.4) is 0 Å². The summed E-state index contributed by atoms with van der Waals surface area (Å²) in [7, 11) is 0. The molecule has 3 N–H and O–H groups in total. The summed E-state index contributed by atoms with van der Waals surface area (Å²) in [6.07, 6.45) is 3.46. The number of imidazole rings is 1. The van der Waals surface area contributed by atoms with Crippen molar-refractivity contribution in [3.8, 4) is 28.6 Å². The summed E-state index contributed by atoms with van der Waals surface area (Å²) >= 11 is 5.49. The smallest absolute Gasteiger partial charge is 0.200 e. The number of aromatic hydroxyl groups is 2. The van der Waals surface area contributed by atoms with E-state index in [0.29, 0.717) is 22.6 Å². The molecule has 4 rings (SSSR count). The van der Waals surface area contributed by atoms with Crippen LogP contribution in [0, 0.1) is 4.77 Å². The average molecular weight is 395 g/mol. The first-order valence-electron chi connectivity index (χ1n) is 9.22. The number of aryl methyl sites for hydroxylation is 2. The first kappa shape index (κ1) is 18.2. The van der Waals surface area contributed by atoms with Gasteiger partial charge >= 0.3 is 0 Å². The van der Waals surface area contributed by atoms with E-state index < -0.39 is 0 Å². The minimum atomic E-state index is -0.0614. The van der Waals surface area contributed by atoms with E-state index in [4.69, 9.17) is 12.2 Å². The predicted octanol–water partition coefficient (Wildman–Crippen LogP) is 4.33. The zero-order chi connectivity index (χ0) is 19.8. The van der Waals surface area contributed by atoms with Crippen LogP contribution in [-0.4, -0.2) is 34.5 Å². The molecule has 0 atom stereocenters. The molecule has 0 amide bonds. The van der Waals surface area contributed by atoms with Crippen molar-refractivity contribution in [1.29, 1.82) is 0 Å². The summed E-state index contributed by atoms with van der Waals surface area (Å²) in [5, 5.41) is 27.6. The number of fused-ring (bicyclic) bond motifs is 1. The van der Waals surface area contributed by atoms with Crippen molar-refractivity contribution < 1.29 is 10.2 Å². The highest BCUT2D eigenvalue weighted by Crippen LogP contribution is 2.36. The van der Waals surface area contributed by atoms with E-state index in [1.165, 1.54) is 6.07 Å². The van der Waals surface area contributed by atoms with Crippen LogP contribution in [0.2, 0.25) is 0 Å². The minimum absolute atomic E-state index is 0.0600. The molecule has 0 radical (unpaired) electrons. The van der Waals surface area contributed by atoms with E-state index in [-0.39, 0.29) is 11.5 Å². The summed E-state index contributed by atoms with van der Waals surface area (Å²) in [5.41, 5.74) is 3.82. The lowest BCUT2D eigenvalue weighted by Gasteiger charge is -2.11. The Labute approximate surface area is 166 Å². The average Bonchev–Trinajstić information content (AvgIpc) is 3.26. The van der Waals surface area contributed by atoms with Gasteiger partial charge < -0.3 is 14.8 Å². The number of rotatable bonds is 5. The number of phenols is 2. The molecule has 0 unspecified atom stereocenters. The zero-order valence-corrected chi connectivity index (χ0v) is 16.5. The second-order valence-corrected chi connectivity index (χ2v) is 7.01. The molecule has 2 aromatic carbocycles. The van der Waals surface area contributed by atoms with Crippen molar-refractivity contribution in [2.45, 2.75) is 33.2 Å². The Hall–Kier alpha value is -3.13. The number of nitrogens with zero attached hydrogens (tertiary/aromatic N) is 4. The summed E-state index contributed by atoms with van der Waals surface area (Å²) in [5.74, 6) is 0.466. The van der Waals surface area contributed by atoms with Crippen LogP contribution in [0.15, 0.2) is 36.7 Å². The van der Waals surface area contributed by atoms with Gasteiger partial charge in [0.1, 0.15) is 17.0 Å². The Morgan fingerprint density at radius 2 is 1.96 bits per heavy atom. The van der Waals surface area contributed by atoms with E-state index in [1.54, 1.807) is 10.6 Å². The molecule has 0 aliphatic carbocycles. The van der Waals surface area contributed by atoms with E-state index in [0.717, 1.165) is 35.2 Å². The fraction of sp³-hybridized carbons (Fsp3) is 0.250. The number of aromatic nitrogens is 5. The van der Waals surface area contributed by atoms with E-state index in [9.17, 15) is 10.2 Å². The molecule has 2 aromatic heterocycles. The monoisotopic (exact) mass is 395 g/mol. The lowest BCUT2D eigenvalue weighted by atomic mass is 10.1. The highest BCUT2D eigenvalue weighted by molar-refractivity contribution is 7.71. The lowest BCUT2D eigenvalue weighted by molar-refractivity contribution is 0.447. The van der Waals surface area contributed by atoms with Gasteiger partial charge in [0.15, 0.2) is 10.6 Å². The van der Waals surface area contributed by atoms with Crippen molar-refractivity contribution in [3.63, 3.8) is 0 Å². The standard InChI is InChI=1S/C20H21N5O2S/c1-3-8-24-11-21-18-14(24)6-5-7-15(18)25-19(22-23-20(25)28)13-9-12(4-2)16(26)10-17(13)27/h5-7,9-11,26-27H,3-4,8H2,1-2H3,(H,23,28). The van der Waals surface area contributed by atoms with Crippen LogP contribution in [0.25, 0.3) is 28.1 Å². The molecule has 2 heterocycles. The Kier molecular flexibility index (Phi) is 4.64. The fourth-order valence-electron chi connectivity index (χ4n) is 3.46. The van der Waals surface area contributed by atoms with E-state index in [1.807, 2.05) is 31.5 Å². The first-order chi connectivity index (χ1) is 13.5. The van der Waals surface area contributed by atoms with E-state index >= 15 is 0 Å². The van der Waals surface area contributed by atoms with Gasteiger partial charge in [-0.05, 0) is 48.8 Å². The van der Waals surface area contributed by atoms with Crippen LogP contribution < -0.4 is 0 Å². The third-order valence-electron chi connectivity index (χ3n) is 4.83. The van der Waals surface area contributed by atoms with Gasteiger partial charge in [-0.15, -0.1) is 0 Å². The summed E-state index contributed by atoms with van der Waals surface area (Å²) in [4.78, 5) is 4.59. The maximum atomic E-state index is 10.5. The predicted molar refractivity (Wildman–Crippen MR) is 110 cm³/mol. The van der Waals surface area contributed by atoms with Crippen LogP contribution in [0.1, 0.15) is 25.8 Å². The maximum absolute atomic E-state index is 10.5. The molecule has 0 bridgehead atoms. The number of phenolic OH excluding ortho intramolecular Hbond substituents is 2. The molecular formula is C20H21N5O2S. The minimum Gasteiger partial charge on any atom is -0.508 e. The Balaban J connectivity index is 1.97. The molecule has 0 aliphatic heterocycles. The van der Waals surface area contributed by atoms with Gasteiger partial charge in [-0.25, -0.2) is 4.98 Å². The Morgan fingerprint density at radius 3 is 2.71 bits per heavy atom. The van der Waals surface area contributed by atoms with Crippen LogP contribution in [0.5, 0.6) is 11.5 Å². The zero-order valence-electron chi connectivity index (χ0n) is 15.7. The molecule has 0 aliphatic rings. The molecule has 0 saturated heterocycles. The molecule has 7 nitrogen and oxygen atoms in total. The number of nitrogens with one attached hydrogen (secondary N) is 1. The number of hydrogen-bond donors (Lipinski definition) is 3. The van der Waals surface area contributed by atoms with Gasteiger partial charge in [0.25, 0.3) is 0 Å². The van der Waals surface area contributed by atoms with Crippen molar-refractivity contribution >= 4 is 23.3 Å². The maximum Gasteiger partial charge on any atom is 0.200 e. The van der Waals surface area contributed by atoms with Gasteiger partial charge in [-0.1, -0.05) is 19.9 Å². The second-order valence-electron chi connectivity index (χ2n) is 6.62. The summed E-state index contributed by atoms with van der Waals surface area (Å²) in [6.45, 7) is 4.94. The first-order valence-corrected chi connectivity index (χ1v) is 9.62. The number of aromatic amines is 1. The highest BCUT2D eigenvalue weighted by Gasteiger charge is 2.19. The van der Waals surface area contributed by atoms with Gasteiger partial charge in [0.2, 0.25) is 0 Å². The largest absolute Gasteiger partial charge is 0.508 e. The Bertz CT molecular complexity index is 1220. The van der Waals surface area contributed by atoms with Gasteiger partial charge in [0.05, 0.1) is 23.1 Å². The quantitative estimate of drug-likeness (QED) is 0.438. The number of para-hydroxylation sites is 1. The third-order valence-corrected chi connectivity index (χ3v) is 5.10. The van der Waals surface area contributed by atoms with Gasteiger partial charge in [-0.3, -0.25) is 9.67 Å². The van der Waals surface area contributed by atoms with Crippen molar-refractivity contribution in [1.82, 2.24) is 24.3 Å². The van der Waals surface area contributed by atoms with Crippen molar-refractivity contribution in [3.05, 3.63) is 47.0 Å². The summed E-state index contributed by atoms with van der Waals surface area (Å²) < 4.78 is 4.28. The number of hydrogen-bond acceptors (Lipinski definition) is 5. The van der Waals surface area contributed by atoms with Crippen LogP contribution in [-0.2, 0) is 13.0 Å². The summed E-state index contributed by atoms with van der Waals surface area (Å²) in [6, 6.07) is 8.99. The van der Waals surface area contributed by atoms with Crippen molar-refractivity contribution in [2.24, 2.45) is 0 Å². The molecule has 0 saturated carbocycles. The molecular weight excluding hydrogens is 374 g/mol. The van der Waals surface area contributed by atoms with Crippen molar-refractivity contribution in [2.75, 3.05) is 0 Å². The lowest BCUT2D eigenvalue weighted by Crippen LogP contribution is -2.00. The van der Waals surface area contributed by atoms with Crippen LogP contribution in [0.4, 0.5) is 0 Å². The molecule has 8 heteroatoms. The third kappa shape index (κ3) is 2.86. The molecule has 0 spiro atoms. The number of H-pyrrole nitrogens is 1. The SMILES string of the molecule is CCCn1cnc2c(-n3c(-c4cc(CC)c(O)cc4O)n[nH]c3=S)cccc21. The highest BCUT2D eigenvalue weighted by atomic mass is 32.1. The fourth-order valence-corrected chi connectivity index (χ4v) is 3.69. The van der Waals surface area contributed by atoms with Gasteiger partial charge in [0, 0.05) is 12.6 Å². The normalized spacial score (nSPS) is 11.4. The second kappa shape index (κ2) is 7.12. The van der Waals surface area contributed by atoms with E-state index in [2.05, 4.69) is 26.7 Å². The molecule has 0 fully saturated rings. The molecule has 4 aromatic rings. The van der Waals surface area contributed by atoms with Crippen LogP contribution >= 0.6 is 12.2 Å². The number of benzene rings is 2. The Morgan fingerprint density at radius 1 is 1.14 bits per heavy atom. The van der Waals surface area contributed by atoms with Gasteiger partial charge in [-0.2, -0.15) is 5.10 Å². The topological polar surface area (TPSA) is 91.9 Å². The molecule has 28 heavy (non-hydrogen) atoms.